The normalized spacial score (nSPS) is 16.6. The quantitative estimate of drug-likeness (QED) is 0.219. The second-order valence-corrected chi connectivity index (χ2v) is 10.0. The van der Waals surface area contributed by atoms with Gasteiger partial charge in [-0.15, -0.1) is 10.2 Å². The van der Waals surface area contributed by atoms with Gasteiger partial charge in [-0.2, -0.15) is 0 Å². The summed E-state index contributed by atoms with van der Waals surface area (Å²) in [6.07, 6.45) is 4.81. The number of aliphatic hydroxyl groups is 1. The van der Waals surface area contributed by atoms with Crippen molar-refractivity contribution in [1.29, 1.82) is 0 Å². The molecule has 36 heavy (non-hydrogen) atoms. The molecule has 1 aliphatic heterocycles. The Balaban J connectivity index is 1.42. The standard InChI is InChI=1S/C25H28FN7O2S/c1-16(30-35-9-8-34)18-12-22(26)24-28-29-25(33(24)14-18)36-21-4-5-23-17(11-21)10-20(13-27-23)32-7-6-19(15-32)31(2)3/h4-5,10-14,19,34H,6-9,15H2,1-3H3/t19-/m0/s1. The van der Waals surface area contributed by atoms with Crippen molar-refractivity contribution in [3.63, 3.8) is 0 Å². The van der Waals surface area contributed by atoms with Gasteiger partial charge in [0, 0.05) is 41.2 Å². The molecule has 0 amide bonds. The number of rotatable bonds is 8. The molecule has 0 spiro atoms. The third-order valence-corrected chi connectivity index (χ3v) is 7.29. The number of aliphatic hydroxyl groups excluding tert-OH is 1. The molecular formula is C25H28FN7O2S. The predicted octanol–water partition coefficient (Wildman–Crippen LogP) is 3.44. The van der Waals surface area contributed by atoms with Crippen molar-refractivity contribution >= 4 is 39.7 Å². The van der Waals surface area contributed by atoms with E-state index in [1.165, 1.54) is 17.8 Å². The topological polar surface area (TPSA) is 91.4 Å². The fourth-order valence-electron chi connectivity index (χ4n) is 4.27. The minimum absolute atomic E-state index is 0.0718. The molecular weight excluding hydrogens is 481 g/mol. The maximum Gasteiger partial charge on any atom is 0.200 e. The van der Waals surface area contributed by atoms with Gasteiger partial charge >= 0.3 is 0 Å². The van der Waals surface area contributed by atoms with Crippen LogP contribution in [0, 0.1) is 5.82 Å². The highest BCUT2D eigenvalue weighted by atomic mass is 32.2. The summed E-state index contributed by atoms with van der Waals surface area (Å²) in [6, 6.07) is 10.1. The van der Waals surface area contributed by atoms with Crippen LogP contribution in [0.2, 0.25) is 0 Å². The zero-order chi connectivity index (χ0) is 25.2. The molecule has 1 aromatic carbocycles. The first kappa shape index (κ1) is 24.4. The van der Waals surface area contributed by atoms with E-state index in [0.29, 0.717) is 22.5 Å². The lowest BCUT2D eigenvalue weighted by Crippen LogP contribution is -2.31. The van der Waals surface area contributed by atoms with Crippen LogP contribution in [-0.4, -0.2) is 81.7 Å². The van der Waals surface area contributed by atoms with Gasteiger partial charge < -0.3 is 19.7 Å². The first-order chi connectivity index (χ1) is 17.4. The zero-order valence-electron chi connectivity index (χ0n) is 20.4. The molecule has 3 aromatic heterocycles. The molecule has 1 fully saturated rings. The summed E-state index contributed by atoms with van der Waals surface area (Å²) in [5, 5.41) is 22.6. The maximum absolute atomic E-state index is 14.7. The number of aromatic nitrogens is 4. The largest absolute Gasteiger partial charge is 0.393 e. The SMILES string of the molecule is CC(=NOCCO)c1cc(F)c2nnc(Sc3ccc4ncc(N5CC[C@H](N(C)C)C5)cc4c3)n2c1. The van der Waals surface area contributed by atoms with E-state index >= 15 is 0 Å². The molecule has 1 N–H and O–H groups in total. The molecule has 5 rings (SSSR count). The van der Waals surface area contributed by atoms with E-state index in [1.807, 2.05) is 18.3 Å². The Labute approximate surface area is 212 Å². The predicted molar refractivity (Wildman–Crippen MR) is 138 cm³/mol. The van der Waals surface area contributed by atoms with Crippen molar-refractivity contribution in [2.24, 2.45) is 5.16 Å². The molecule has 0 aliphatic carbocycles. The van der Waals surface area contributed by atoms with Crippen LogP contribution < -0.4 is 4.90 Å². The Bertz CT molecular complexity index is 1420. The first-order valence-electron chi connectivity index (χ1n) is 11.7. The number of hydrogen-bond acceptors (Lipinski definition) is 9. The summed E-state index contributed by atoms with van der Waals surface area (Å²) in [5.74, 6) is -0.502. The van der Waals surface area contributed by atoms with Gasteiger partial charge in [0.15, 0.2) is 11.5 Å². The molecule has 9 nitrogen and oxygen atoms in total. The lowest BCUT2D eigenvalue weighted by Gasteiger charge is -2.21. The second kappa shape index (κ2) is 10.4. The smallest absolute Gasteiger partial charge is 0.200 e. The van der Waals surface area contributed by atoms with Gasteiger partial charge in [-0.05, 0) is 69.5 Å². The minimum atomic E-state index is -0.502. The van der Waals surface area contributed by atoms with Crippen LogP contribution in [0.25, 0.3) is 16.6 Å². The number of pyridine rings is 2. The zero-order valence-corrected chi connectivity index (χ0v) is 21.2. The van der Waals surface area contributed by atoms with Gasteiger partial charge in [0.25, 0.3) is 0 Å². The van der Waals surface area contributed by atoms with E-state index < -0.39 is 5.82 Å². The van der Waals surface area contributed by atoms with Crippen molar-refractivity contribution in [2.45, 2.75) is 29.4 Å². The van der Waals surface area contributed by atoms with Crippen molar-refractivity contribution < 1.29 is 14.3 Å². The Morgan fingerprint density at radius 3 is 2.92 bits per heavy atom. The number of halogens is 1. The van der Waals surface area contributed by atoms with Crippen molar-refractivity contribution in [2.75, 3.05) is 45.3 Å². The fourth-order valence-corrected chi connectivity index (χ4v) is 5.13. The first-order valence-corrected chi connectivity index (χ1v) is 12.6. The summed E-state index contributed by atoms with van der Waals surface area (Å²) >= 11 is 1.40. The van der Waals surface area contributed by atoms with Crippen LogP contribution >= 0.6 is 11.8 Å². The van der Waals surface area contributed by atoms with E-state index in [4.69, 9.17) is 9.94 Å². The molecule has 188 valence electrons. The molecule has 11 heteroatoms. The molecule has 4 heterocycles. The molecule has 0 radical (unpaired) electrons. The van der Waals surface area contributed by atoms with E-state index in [2.05, 4.69) is 56.4 Å². The van der Waals surface area contributed by atoms with Crippen LogP contribution in [0.4, 0.5) is 10.1 Å². The number of anilines is 1. The number of likely N-dealkylation sites (N-methyl/N-ethyl adjacent to an activating group) is 1. The number of nitrogens with zero attached hydrogens (tertiary/aromatic N) is 7. The van der Waals surface area contributed by atoms with Crippen molar-refractivity contribution in [3.05, 3.63) is 54.1 Å². The molecule has 1 saturated heterocycles. The number of hydrogen-bond donors (Lipinski definition) is 1. The summed E-state index contributed by atoms with van der Waals surface area (Å²) in [5.41, 5.74) is 3.19. The third-order valence-electron chi connectivity index (χ3n) is 6.34. The molecule has 0 saturated carbocycles. The monoisotopic (exact) mass is 509 g/mol. The summed E-state index contributed by atoms with van der Waals surface area (Å²) < 4.78 is 16.4. The van der Waals surface area contributed by atoms with Gasteiger partial charge in [0.05, 0.1) is 29.7 Å². The number of oxime groups is 1. The van der Waals surface area contributed by atoms with Crippen LogP contribution in [0.5, 0.6) is 0 Å². The molecule has 0 unspecified atom stereocenters. The highest BCUT2D eigenvalue weighted by molar-refractivity contribution is 7.99. The van der Waals surface area contributed by atoms with Gasteiger partial charge in [0.2, 0.25) is 5.16 Å². The Kier molecular flexibility index (Phi) is 7.04. The maximum atomic E-state index is 14.7. The summed E-state index contributed by atoms with van der Waals surface area (Å²) in [4.78, 5) is 15.3. The number of benzene rings is 1. The lowest BCUT2D eigenvalue weighted by atomic mass is 10.2. The van der Waals surface area contributed by atoms with Crippen LogP contribution in [-0.2, 0) is 4.84 Å². The van der Waals surface area contributed by atoms with Crippen LogP contribution in [0.3, 0.4) is 0 Å². The average molecular weight is 510 g/mol. The van der Waals surface area contributed by atoms with Gasteiger partial charge in [-0.3, -0.25) is 9.38 Å². The fraction of sp³-hybridized carbons (Fsp3) is 0.360. The Hall–Kier alpha value is -3.28. The summed E-state index contributed by atoms with van der Waals surface area (Å²) in [6.45, 7) is 3.64. The van der Waals surface area contributed by atoms with Gasteiger partial charge in [-0.1, -0.05) is 5.16 Å². The van der Waals surface area contributed by atoms with Crippen molar-refractivity contribution in [3.8, 4) is 0 Å². The van der Waals surface area contributed by atoms with E-state index in [9.17, 15) is 4.39 Å². The van der Waals surface area contributed by atoms with Crippen molar-refractivity contribution in [1.82, 2.24) is 24.5 Å². The van der Waals surface area contributed by atoms with Gasteiger partial charge in [-0.25, -0.2) is 4.39 Å². The summed E-state index contributed by atoms with van der Waals surface area (Å²) in [7, 11) is 4.25. The Morgan fingerprint density at radius 1 is 1.28 bits per heavy atom. The average Bonchev–Trinajstić information content (AvgIpc) is 3.52. The third kappa shape index (κ3) is 4.99. The molecule has 0 bridgehead atoms. The van der Waals surface area contributed by atoms with E-state index in [1.54, 1.807) is 17.5 Å². The molecule has 4 aromatic rings. The molecule has 1 atom stereocenters. The lowest BCUT2D eigenvalue weighted by molar-refractivity contribution is 0.0986. The number of fused-ring (bicyclic) bond motifs is 2. The highest BCUT2D eigenvalue weighted by Gasteiger charge is 2.24. The van der Waals surface area contributed by atoms with E-state index in [-0.39, 0.29) is 18.9 Å². The Morgan fingerprint density at radius 2 is 2.14 bits per heavy atom. The minimum Gasteiger partial charge on any atom is -0.393 e. The van der Waals surface area contributed by atoms with Gasteiger partial charge in [0.1, 0.15) is 6.61 Å². The second-order valence-electron chi connectivity index (χ2n) is 8.99. The molecule has 1 aliphatic rings. The highest BCUT2D eigenvalue weighted by Crippen LogP contribution is 2.31. The van der Waals surface area contributed by atoms with E-state index in [0.717, 1.165) is 41.0 Å². The van der Waals surface area contributed by atoms with Crippen LogP contribution in [0.15, 0.2) is 57.9 Å². The van der Waals surface area contributed by atoms with Crippen LogP contribution in [0.1, 0.15) is 18.9 Å².